The lowest BCUT2D eigenvalue weighted by molar-refractivity contribution is -0.139. The van der Waals surface area contributed by atoms with Crippen molar-refractivity contribution in [3.63, 3.8) is 0 Å². The number of carbonyl (C=O) groups is 1. The van der Waals surface area contributed by atoms with Crippen LogP contribution < -0.4 is 4.72 Å². The van der Waals surface area contributed by atoms with Crippen LogP contribution in [0.1, 0.15) is 23.1 Å². The van der Waals surface area contributed by atoms with Crippen molar-refractivity contribution < 1.29 is 18.3 Å². The van der Waals surface area contributed by atoms with E-state index in [1.807, 2.05) is 6.92 Å². The van der Waals surface area contributed by atoms with Gasteiger partial charge in [0, 0.05) is 9.75 Å². The van der Waals surface area contributed by atoms with Gasteiger partial charge in [0.05, 0.1) is 4.90 Å². The second-order valence-electron chi connectivity index (χ2n) is 3.70. The van der Waals surface area contributed by atoms with Gasteiger partial charge in [-0.1, -0.05) is 6.92 Å². The van der Waals surface area contributed by atoms with E-state index in [1.54, 1.807) is 19.9 Å². The molecule has 0 spiro atoms. The Balaban J connectivity index is 3.04. The SMILES string of the molecule is CCC(NS(=O)(=O)c1cc(C)sc1C)C(=O)O. The maximum atomic E-state index is 12.0. The number of sulfonamides is 1. The molecule has 1 unspecified atom stereocenters. The predicted octanol–water partition coefficient (Wildman–Crippen LogP) is 1.51. The molecule has 1 aromatic rings. The summed E-state index contributed by atoms with van der Waals surface area (Å²) >= 11 is 1.37. The number of thiophene rings is 1. The van der Waals surface area contributed by atoms with Crippen molar-refractivity contribution in [2.45, 2.75) is 38.1 Å². The van der Waals surface area contributed by atoms with Gasteiger partial charge >= 0.3 is 5.97 Å². The van der Waals surface area contributed by atoms with Crippen molar-refractivity contribution in [1.82, 2.24) is 4.72 Å². The van der Waals surface area contributed by atoms with Crippen molar-refractivity contribution in [2.75, 3.05) is 0 Å². The highest BCUT2D eigenvalue weighted by atomic mass is 32.2. The van der Waals surface area contributed by atoms with E-state index in [2.05, 4.69) is 4.72 Å². The zero-order valence-electron chi connectivity index (χ0n) is 9.85. The molecule has 7 heteroatoms. The molecule has 0 saturated heterocycles. The Morgan fingerprint density at radius 3 is 2.47 bits per heavy atom. The molecular formula is C10H15NO4S2. The average Bonchev–Trinajstić information content (AvgIpc) is 2.54. The van der Waals surface area contributed by atoms with Crippen molar-refractivity contribution >= 4 is 27.3 Å². The normalized spacial score (nSPS) is 13.6. The highest BCUT2D eigenvalue weighted by molar-refractivity contribution is 7.89. The first-order valence-corrected chi connectivity index (χ1v) is 7.40. The molecule has 0 bridgehead atoms. The summed E-state index contributed by atoms with van der Waals surface area (Å²) in [6.07, 6.45) is 0.205. The third-order valence-electron chi connectivity index (χ3n) is 2.29. The van der Waals surface area contributed by atoms with Crippen molar-refractivity contribution in [2.24, 2.45) is 0 Å². The van der Waals surface area contributed by atoms with Crippen LogP contribution in [0.3, 0.4) is 0 Å². The van der Waals surface area contributed by atoms with E-state index < -0.39 is 22.0 Å². The van der Waals surface area contributed by atoms with Crippen LogP contribution in [0.4, 0.5) is 0 Å². The minimum Gasteiger partial charge on any atom is -0.480 e. The zero-order valence-corrected chi connectivity index (χ0v) is 11.5. The Kier molecular flexibility index (Phi) is 4.29. The molecule has 0 aliphatic rings. The van der Waals surface area contributed by atoms with Crippen LogP contribution in [0.2, 0.25) is 0 Å². The lowest BCUT2D eigenvalue weighted by Gasteiger charge is -2.12. The number of hydrogen-bond donors (Lipinski definition) is 2. The summed E-state index contributed by atoms with van der Waals surface area (Å²) < 4.78 is 26.1. The van der Waals surface area contributed by atoms with Crippen LogP contribution in [-0.4, -0.2) is 25.5 Å². The van der Waals surface area contributed by atoms with E-state index in [4.69, 9.17) is 5.11 Å². The van der Waals surface area contributed by atoms with Gasteiger partial charge in [-0.3, -0.25) is 4.79 Å². The topological polar surface area (TPSA) is 83.5 Å². The lowest BCUT2D eigenvalue weighted by atomic mass is 10.2. The summed E-state index contributed by atoms with van der Waals surface area (Å²) in [5.41, 5.74) is 0. The minimum absolute atomic E-state index is 0.166. The molecule has 1 rings (SSSR count). The molecule has 2 N–H and O–H groups in total. The summed E-state index contributed by atoms with van der Waals surface area (Å²) in [6.45, 7) is 5.13. The molecular weight excluding hydrogens is 262 g/mol. The van der Waals surface area contributed by atoms with E-state index in [-0.39, 0.29) is 11.3 Å². The van der Waals surface area contributed by atoms with Gasteiger partial charge in [-0.05, 0) is 26.3 Å². The molecule has 0 amide bonds. The van der Waals surface area contributed by atoms with E-state index in [9.17, 15) is 13.2 Å². The van der Waals surface area contributed by atoms with Crippen LogP contribution in [0.25, 0.3) is 0 Å². The Labute approximate surface area is 105 Å². The Morgan fingerprint density at radius 2 is 2.12 bits per heavy atom. The Bertz CT molecular complexity index is 518. The number of nitrogens with one attached hydrogen (secondary N) is 1. The summed E-state index contributed by atoms with van der Waals surface area (Å²) in [5, 5.41) is 8.83. The standard InChI is InChI=1S/C10H15NO4S2/c1-4-8(10(12)13)11-17(14,15)9-5-6(2)16-7(9)3/h5,8,11H,4H2,1-3H3,(H,12,13). The van der Waals surface area contributed by atoms with Gasteiger partial charge in [0.15, 0.2) is 0 Å². The molecule has 1 heterocycles. The minimum atomic E-state index is -3.75. The summed E-state index contributed by atoms with van der Waals surface area (Å²) in [4.78, 5) is 12.5. The van der Waals surface area contributed by atoms with Gasteiger partial charge in [0.25, 0.3) is 0 Å². The summed E-state index contributed by atoms with van der Waals surface area (Å²) in [6, 6.07) is 0.469. The maximum absolute atomic E-state index is 12.0. The molecule has 0 fully saturated rings. The highest BCUT2D eigenvalue weighted by Gasteiger charge is 2.25. The van der Waals surface area contributed by atoms with E-state index in [1.165, 1.54) is 11.3 Å². The first-order valence-electron chi connectivity index (χ1n) is 5.10. The molecule has 1 aromatic heterocycles. The first kappa shape index (κ1) is 14.1. The van der Waals surface area contributed by atoms with Crippen LogP contribution in [0, 0.1) is 13.8 Å². The molecule has 0 aromatic carbocycles. The number of aryl methyl sites for hydroxylation is 2. The third-order valence-corrected chi connectivity index (χ3v) is 4.98. The Morgan fingerprint density at radius 1 is 1.53 bits per heavy atom. The van der Waals surface area contributed by atoms with Gasteiger partial charge in [-0.2, -0.15) is 4.72 Å². The predicted molar refractivity (Wildman–Crippen MR) is 65.8 cm³/mol. The van der Waals surface area contributed by atoms with Gasteiger partial charge < -0.3 is 5.11 Å². The van der Waals surface area contributed by atoms with E-state index >= 15 is 0 Å². The smallest absolute Gasteiger partial charge is 0.321 e. The molecule has 0 radical (unpaired) electrons. The number of carboxylic acids is 1. The molecule has 17 heavy (non-hydrogen) atoms. The van der Waals surface area contributed by atoms with Crippen LogP contribution >= 0.6 is 11.3 Å². The summed E-state index contributed by atoms with van der Waals surface area (Å²) in [5.74, 6) is -1.17. The fraction of sp³-hybridized carbons (Fsp3) is 0.500. The second kappa shape index (κ2) is 5.16. The van der Waals surface area contributed by atoms with Gasteiger partial charge in [0.1, 0.15) is 6.04 Å². The fourth-order valence-electron chi connectivity index (χ4n) is 1.43. The first-order chi connectivity index (χ1) is 7.77. The molecule has 0 aliphatic carbocycles. The number of rotatable bonds is 5. The van der Waals surface area contributed by atoms with Crippen LogP contribution in [-0.2, 0) is 14.8 Å². The van der Waals surface area contributed by atoms with Crippen molar-refractivity contribution in [1.29, 1.82) is 0 Å². The zero-order chi connectivity index (χ0) is 13.2. The average molecular weight is 277 g/mol. The number of carboxylic acid groups (broad SMARTS) is 1. The van der Waals surface area contributed by atoms with Crippen molar-refractivity contribution in [3.05, 3.63) is 15.8 Å². The maximum Gasteiger partial charge on any atom is 0.321 e. The molecule has 1 atom stereocenters. The molecule has 0 aliphatic heterocycles. The van der Waals surface area contributed by atoms with E-state index in [0.717, 1.165) is 4.88 Å². The monoisotopic (exact) mass is 277 g/mol. The van der Waals surface area contributed by atoms with Crippen molar-refractivity contribution in [3.8, 4) is 0 Å². The highest BCUT2D eigenvalue weighted by Crippen LogP contribution is 2.25. The largest absolute Gasteiger partial charge is 0.480 e. The molecule has 0 saturated carbocycles. The lowest BCUT2D eigenvalue weighted by Crippen LogP contribution is -2.40. The third kappa shape index (κ3) is 3.27. The fourth-order valence-corrected chi connectivity index (χ4v) is 4.26. The van der Waals surface area contributed by atoms with Gasteiger partial charge in [-0.15, -0.1) is 11.3 Å². The summed E-state index contributed by atoms with van der Waals surface area (Å²) in [7, 11) is -3.75. The van der Waals surface area contributed by atoms with Crippen LogP contribution in [0.15, 0.2) is 11.0 Å². The van der Waals surface area contributed by atoms with Gasteiger partial charge in [-0.25, -0.2) is 8.42 Å². The van der Waals surface area contributed by atoms with Gasteiger partial charge in [0.2, 0.25) is 10.0 Å². The quantitative estimate of drug-likeness (QED) is 0.854. The molecule has 5 nitrogen and oxygen atoms in total. The molecule has 96 valence electrons. The van der Waals surface area contributed by atoms with E-state index in [0.29, 0.717) is 4.88 Å². The number of hydrogen-bond acceptors (Lipinski definition) is 4. The Hall–Kier alpha value is -0.920. The van der Waals surface area contributed by atoms with Crippen LogP contribution in [0.5, 0.6) is 0 Å². The number of aliphatic carboxylic acids is 1. The second-order valence-corrected chi connectivity index (χ2v) is 6.84.